The summed E-state index contributed by atoms with van der Waals surface area (Å²) in [5.74, 6) is 0.103. The molecule has 2 aromatic carbocycles. The molecule has 1 saturated heterocycles. The van der Waals surface area contributed by atoms with Crippen molar-refractivity contribution in [1.29, 1.82) is 0 Å². The number of carbonyl (C=O) groups is 1. The van der Waals surface area contributed by atoms with E-state index in [1.807, 2.05) is 47.2 Å². The number of nitrogens with zero attached hydrogens (tertiary/aromatic N) is 2. The lowest BCUT2D eigenvalue weighted by atomic mass is 10.00. The van der Waals surface area contributed by atoms with E-state index in [1.165, 1.54) is 32.2 Å². The quantitative estimate of drug-likeness (QED) is 0.401. The molecule has 6 heteroatoms. The van der Waals surface area contributed by atoms with E-state index < -0.39 is 0 Å². The molecule has 0 saturated carbocycles. The highest BCUT2D eigenvalue weighted by Crippen LogP contribution is 2.29. The Balaban J connectivity index is 1.36. The lowest BCUT2D eigenvalue weighted by Gasteiger charge is -2.35. The number of amides is 1. The first-order valence-corrected chi connectivity index (χ1v) is 12.4. The van der Waals surface area contributed by atoms with Crippen LogP contribution in [0.3, 0.4) is 0 Å². The van der Waals surface area contributed by atoms with Gasteiger partial charge < -0.3 is 19.9 Å². The maximum Gasteiger partial charge on any atom is 0.251 e. The molecule has 1 unspecified atom stereocenters. The summed E-state index contributed by atoms with van der Waals surface area (Å²) in [7, 11) is 0. The minimum absolute atomic E-state index is 0.0855. The summed E-state index contributed by atoms with van der Waals surface area (Å²) in [6, 6.07) is 14.3. The van der Waals surface area contributed by atoms with Crippen LogP contribution >= 0.6 is 15.9 Å². The Morgan fingerprint density at radius 3 is 2.78 bits per heavy atom. The molecule has 1 aromatic heterocycles. The minimum atomic E-state index is -0.0855. The molecule has 0 aliphatic carbocycles. The van der Waals surface area contributed by atoms with Crippen molar-refractivity contribution in [3.8, 4) is 5.88 Å². The van der Waals surface area contributed by atoms with Crippen LogP contribution in [0.4, 0.5) is 0 Å². The van der Waals surface area contributed by atoms with E-state index in [4.69, 9.17) is 0 Å². The maximum absolute atomic E-state index is 12.7. The van der Waals surface area contributed by atoms with Crippen molar-refractivity contribution in [2.45, 2.75) is 51.6 Å². The molecule has 1 aliphatic heterocycles. The van der Waals surface area contributed by atoms with Crippen LogP contribution in [0.2, 0.25) is 0 Å². The molecule has 0 radical (unpaired) electrons. The molecule has 1 fully saturated rings. The number of fused-ring (bicyclic) bond motifs is 1. The fourth-order valence-electron chi connectivity index (χ4n) is 4.70. The van der Waals surface area contributed by atoms with Crippen LogP contribution in [-0.4, -0.2) is 46.2 Å². The van der Waals surface area contributed by atoms with Gasteiger partial charge in [0.15, 0.2) is 5.88 Å². The fraction of sp³-hybridized carbons (Fsp3) is 0.423. The summed E-state index contributed by atoms with van der Waals surface area (Å²) in [5.41, 5.74) is 1.68. The van der Waals surface area contributed by atoms with Crippen LogP contribution in [0.25, 0.3) is 10.8 Å². The number of piperidine rings is 1. The highest BCUT2D eigenvalue weighted by Gasteiger charge is 2.20. The normalized spacial score (nSPS) is 17.0. The zero-order valence-electron chi connectivity index (χ0n) is 18.7. The third kappa shape index (κ3) is 5.36. The Labute approximate surface area is 198 Å². The number of hydrogen-bond acceptors (Lipinski definition) is 3. The molecule has 5 nitrogen and oxygen atoms in total. The summed E-state index contributed by atoms with van der Waals surface area (Å²) < 4.78 is 2.85. The van der Waals surface area contributed by atoms with E-state index >= 15 is 0 Å². The number of halogens is 1. The van der Waals surface area contributed by atoms with Gasteiger partial charge in [-0.15, -0.1) is 0 Å². The zero-order valence-corrected chi connectivity index (χ0v) is 20.3. The Morgan fingerprint density at radius 1 is 1.19 bits per heavy atom. The smallest absolute Gasteiger partial charge is 0.251 e. The van der Waals surface area contributed by atoms with Gasteiger partial charge in [0.25, 0.3) is 5.91 Å². The number of likely N-dealkylation sites (tertiary alicyclic amines) is 1. The van der Waals surface area contributed by atoms with Gasteiger partial charge in [-0.2, -0.15) is 0 Å². The van der Waals surface area contributed by atoms with Gasteiger partial charge >= 0.3 is 0 Å². The predicted octanol–water partition coefficient (Wildman–Crippen LogP) is 5.54. The van der Waals surface area contributed by atoms with Crippen molar-refractivity contribution in [2.75, 3.05) is 19.6 Å². The lowest BCUT2D eigenvalue weighted by Crippen LogP contribution is -2.40. The molecule has 0 bridgehead atoms. The summed E-state index contributed by atoms with van der Waals surface area (Å²) in [4.78, 5) is 15.3. The standard InChI is InChI=1S/C26H32BrN3O2/c1-2-23-6-3-4-14-29(23)15-5-13-28-25(31)20-9-10-21-18-30(26(32)24(21)16-20)17-19-7-11-22(27)12-8-19/h7-12,16,18,23,32H,2-6,13-15,17H2,1H3,(H,28,31). The van der Waals surface area contributed by atoms with Crippen molar-refractivity contribution in [3.63, 3.8) is 0 Å². The number of hydrogen-bond donors (Lipinski definition) is 2. The van der Waals surface area contributed by atoms with Gasteiger partial charge in [0.2, 0.25) is 0 Å². The zero-order chi connectivity index (χ0) is 22.5. The Bertz CT molecular complexity index is 1060. The molecule has 2 N–H and O–H groups in total. The fourth-order valence-corrected chi connectivity index (χ4v) is 4.96. The first-order chi connectivity index (χ1) is 15.5. The number of aromatic nitrogens is 1. The molecular weight excluding hydrogens is 466 g/mol. The second kappa shape index (κ2) is 10.5. The van der Waals surface area contributed by atoms with Gasteiger partial charge in [0.1, 0.15) is 0 Å². The Morgan fingerprint density at radius 2 is 2.00 bits per heavy atom. The van der Waals surface area contributed by atoms with Crippen molar-refractivity contribution in [1.82, 2.24) is 14.8 Å². The number of rotatable bonds is 8. The summed E-state index contributed by atoms with van der Waals surface area (Å²) in [6.45, 7) is 5.73. The number of benzene rings is 2. The minimum Gasteiger partial charge on any atom is -0.494 e. The first-order valence-electron chi connectivity index (χ1n) is 11.6. The van der Waals surface area contributed by atoms with E-state index in [1.54, 1.807) is 6.07 Å². The third-order valence-corrected chi connectivity index (χ3v) is 7.05. The monoisotopic (exact) mass is 497 g/mol. The molecule has 1 amide bonds. The molecular formula is C26H32BrN3O2. The largest absolute Gasteiger partial charge is 0.494 e. The topological polar surface area (TPSA) is 57.5 Å². The maximum atomic E-state index is 12.7. The predicted molar refractivity (Wildman–Crippen MR) is 133 cm³/mol. The van der Waals surface area contributed by atoms with Crippen molar-refractivity contribution < 1.29 is 9.90 Å². The average molecular weight is 498 g/mol. The van der Waals surface area contributed by atoms with Gasteiger partial charge in [-0.05, 0) is 62.1 Å². The number of aromatic hydroxyl groups is 1. The molecule has 2 heterocycles. The van der Waals surface area contributed by atoms with Crippen LogP contribution in [0, 0.1) is 0 Å². The van der Waals surface area contributed by atoms with Crippen LogP contribution < -0.4 is 5.32 Å². The SMILES string of the molecule is CCC1CCCCN1CCCNC(=O)c1ccc2cn(Cc3ccc(Br)cc3)c(O)c2c1. The second-order valence-electron chi connectivity index (χ2n) is 8.71. The summed E-state index contributed by atoms with van der Waals surface area (Å²) in [6.07, 6.45) is 8.02. The summed E-state index contributed by atoms with van der Waals surface area (Å²) >= 11 is 3.45. The Kier molecular flexibility index (Phi) is 7.53. The van der Waals surface area contributed by atoms with E-state index in [2.05, 4.69) is 33.1 Å². The molecule has 4 rings (SSSR count). The molecule has 1 atom stereocenters. The van der Waals surface area contributed by atoms with Crippen molar-refractivity contribution in [2.24, 2.45) is 0 Å². The molecule has 1 aliphatic rings. The number of carbonyl (C=O) groups excluding carboxylic acids is 1. The Hall–Kier alpha value is -2.31. The van der Waals surface area contributed by atoms with Gasteiger partial charge in [0, 0.05) is 46.1 Å². The average Bonchev–Trinajstić information content (AvgIpc) is 3.12. The van der Waals surface area contributed by atoms with Crippen LogP contribution in [-0.2, 0) is 6.54 Å². The van der Waals surface area contributed by atoms with Crippen LogP contribution in [0.1, 0.15) is 54.9 Å². The van der Waals surface area contributed by atoms with E-state index in [-0.39, 0.29) is 11.8 Å². The summed E-state index contributed by atoms with van der Waals surface area (Å²) in [5, 5.41) is 15.4. The highest BCUT2D eigenvalue weighted by atomic mass is 79.9. The third-order valence-electron chi connectivity index (χ3n) is 6.52. The highest BCUT2D eigenvalue weighted by molar-refractivity contribution is 9.10. The van der Waals surface area contributed by atoms with E-state index in [9.17, 15) is 9.90 Å². The van der Waals surface area contributed by atoms with Gasteiger partial charge in [-0.25, -0.2) is 0 Å². The molecule has 3 aromatic rings. The van der Waals surface area contributed by atoms with Gasteiger partial charge in [0.05, 0.1) is 6.54 Å². The van der Waals surface area contributed by atoms with Gasteiger partial charge in [-0.3, -0.25) is 4.79 Å². The molecule has 0 spiro atoms. The van der Waals surface area contributed by atoms with Crippen LogP contribution in [0.5, 0.6) is 5.88 Å². The molecule has 32 heavy (non-hydrogen) atoms. The van der Waals surface area contributed by atoms with Crippen molar-refractivity contribution in [3.05, 3.63) is 64.3 Å². The van der Waals surface area contributed by atoms with Gasteiger partial charge in [-0.1, -0.05) is 47.5 Å². The van der Waals surface area contributed by atoms with E-state index in [0.29, 0.717) is 30.1 Å². The second-order valence-corrected chi connectivity index (χ2v) is 9.63. The van der Waals surface area contributed by atoms with Crippen molar-refractivity contribution >= 4 is 32.6 Å². The first kappa shape index (κ1) is 22.9. The molecule has 170 valence electrons. The van der Waals surface area contributed by atoms with Crippen LogP contribution in [0.15, 0.2) is 53.1 Å². The lowest BCUT2D eigenvalue weighted by molar-refractivity contribution is 0.0947. The van der Waals surface area contributed by atoms with E-state index in [0.717, 1.165) is 28.4 Å². The number of nitrogens with one attached hydrogen (secondary N) is 1.